The van der Waals surface area contributed by atoms with Crippen molar-refractivity contribution >= 4 is 0 Å². The van der Waals surface area contributed by atoms with E-state index in [1.165, 1.54) is 25.3 Å². The first-order chi connectivity index (χ1) is 10.2. The topological polar surface area (TPSA) is 21.3 Å². The summed E-state index contributed by atoms with van der Waals surface area (Å²) in [6.45, 7) is 7.08. The third kappa shape index (κ3) is 4.19. The van der Waals surface area contributed by atoms with Crippen molar-refractivity contribution in [3.63, 3.8) is 0 Å². The molecule has 3 unspecified atom stereocenters. The van der Waals surface area contributed by atoms with E-state index in [-0.39, 0.29) is 18.0 Å². The van der Waals surface area contributed by atoms with Gasteiger partial charge in [-0.25, -0.2) is 4.39 Å². The lowest BCUT2D eigenvalue weighted by Gasteiger charge is -2.30. The number of nitrogens with one attached hydrogen (secondary N) is 1. The van der Waals surface area contributed by atoms with E-state index in [9.17, 15) is 4.39 Å². The number of ether oxygens (including phenoxy) is 1. The van der Waals surface area contributed by atoms with Crippen LogP contribution in [-0.2, 0) is 0 Å². The Morgan fingerprint density at radius 2 is 2.14 bits per heavy atom. The zero-order valence-electron chi connectivity index (χ0n) is 13.5. The van der Waals surface area contributed by atoms with Crippen LogP contribution in [0.5, 0.6) is 5.75 Å². The SMILES string of the molecule is CCNC(C)c1c(F)cccc1OC1CCCC(CC)C1. The molecule has 1 aliphatic rings. The summed E-state index contributed by atoms with van der Waals surface area (Å²) in [5, 5.41) is 3.28. The molecule has 1 saturated carbocycles. The van der Waals surface area contributed by atoms with Gasteiger partial charge < -0.3 is 10.1 Å². The molecule has 0 saturated heterocycles. The fourth-order valence-electron chi connectivity index (χ4n) is 3.35. The highest BCUT2D eigenvalue weighted by atomic mass is 19.1. The van der Waals surface area contributed by atoms with Crippen molar-refractivity contribution in [1.82, 2.24) is 5.32 Å². The van der Waals surface area contributed by atoms with Crippen molar-refractivity contribution in [3.8, 4) is 5.75 Å². The van der Waals surface area contributed by atoms with Crippen LogP contribution < -0.4 is 10.1 Å². The van der Waals surface area contributed by atoms with Gasteiger partial charge in [0.05, 0.1) is 6.10 Å². The van der Waals surface area contributed by atoms with Crippen LogP contribution >= 0.6 is 0 Å². The highest BCUT2D eigenvalue weighted by Gasteiger charge is 2.24. The Kier molecular flexibility index (Phi) is 6.04. The standard InChI is InChI=1S/C18H28FNO/c1-4-14-8-6-9-15(12-14)21-17-11-7-10-16(19)18(17)13(3)20-5-2/h7,10-11,13-15,20H,4-6,8-9,12H2,1-3H3. The minimum Gasteiger partial charge on any atom is -0.490 e. The van der Waals surface area contributed by atoms with Gasteiger partial charge in [-0.3, -0.25) is 0 Å². The van der Waals surface area contributed by atoms with Crippen LogP contribution in [-0.4, -0.2) is 12.6 Å². The minimum atomic E-state index is -0.177. The van der Waals surface area contributed by atoms with E-state index < -0.39 is 0 Å². The molecule has 118 valence electrons. The van der Waals surface area contributed by atoms with Crippen molar-refractivity contribution in [2.45, 2.75) is 65.0 Å². The van der Waals surface area contributed by atoms with E-state index in [1.807, 2.05) is 19.9 Å². The molecule has 1 aromatic rings. The second-order valence-corrected chi connectivity index (χ2v) is 6.11. The van der Waals surface area contributed by atoms with Gasteiger partial charge in [0.15, 0.2) is 0 Å². The summed E-state index contributed by atoms with van der Waals surface area (Å²) in [7, 11) is 0. The Morgan fingerprint density at radius 3 is 2.86 bits per heavy atom. The molecule has 0 aromatic heterocycles. The fourth-order valence-corrected chi connectivity index (χ4v) is 3.35. The predicted octanol–water partition coefficient (Wildman–Crippen LogP) is 4.84. The molecule has 0 bridgehead atoms. The molecule has 1 fully saturated rings. The molecule has 1 aliphatic carbocycles. The van der Waals surface area contributed by atoms with E-state index in [0.29, 0.717) is 11.3 Å². The van der Waals surface area contributed by atoms with E-state index in [1.54, 1.807) is 6.07 Å². The van der Waals surface area contributed by atoms with Gasteiger partial charge in [-0.15, -0.1) is 0 Å². The summed E-state index contributed by atoms with van der Waals surface area (Å²) in [4.78, 5) is 0. The molecule has 2 nitrogen and oxygen atoms in total. The van der Waals surface area contributed by atoms with Gasteiger partial charge in [0.1, 0.15) is 11.6 Å². The molecular formula is C18H28FNO. The zero-order valence-corrected chi connectivity index (χ0v) is 13.5. The molecule has 1 N–H and O–H groups in total. The summed E-state index contributed by atoms with van der Waals surface area (Å²) in [6, 6.07) is 5.14. The predicted molar refractivity (Wildman–Crippen MR) is 85.2 cm³/mol. The molecule has 3 heteroatoms. The van der Waals surface area contributed by atoms with Gasteiger partial charge >= 0.3 is 0 Å². The molecular weight excluding hydrogens is 265 g/mol. The average molecular weight is 293 g/mol. The molecule has 0 amide bonds. The van der Waals surface area contributed by atoms with Crippen molar-refractivity contribution in [3.05, 3.63) is 29.6 Å². The van der Waals surface area contributed by atoms with E-state index in [2.05, 4.69) is 12.2 Å². The molecule has 0 heterocycles. The van der Waals surface area contributed by atoms with Crippen molar-refractivity contribution in [2.24, 2.45) is 5.92 Å². The highest BCUT2D eigenvalue weighted by Crippen LogP contribution is 2.33. The molecule has 0 aliphatic heterocycles. The van der Waals surface area contributed by atoms with Crippen LogP contribution in [0.15, 0.2) is 18.2 Å². The van der Waals surface area contributed by atoms with E-state index in [0.717, 1.165) is 25.3 Å². The smallest absolute Gasteiger partial charge is 0.131 e. The Labute approximate surface area is 128 Å². The quantitative estimate of drug-likeness (QED) is 0.810. The summed E-state index contributed by atoms with van der Waals surface area (Å²) in [6.07, 6.45) is 6.16. The molecule has 0 radical (unpaired) electrons. The maximum Gasteiger partial charge on any atom is 0.131 e. The summed E-state index contributed by atoms with van der Waals surface area (Å²) in [5.41, 5.74) is 0.665. The Hall–Kier alpha value is -1.09. The number of halogens is 1. The van der Waals surface area contributed by atoms with Crippen LogP contribution in [0, 0.1) is 11.7 Å². The van der Waals surface area contributed by atoms with Gasteiger partial charge in [0, 0.05) is 11.6 Å². The molecule has 2 rings (SSSR count). The summed E-state index contributed by atoms with van der Waals surface area (Å²) >= 11 is 0. The van der Waals surface area contributed by atoms with Crippen LogP contribution in [0.25, 0.3) is 0 Å². The highest BCUT2D eigenvalue weighted by molar-refractivity contribution is 5.37. The van der Waals surface area contributed by atoms with Crippen LogP contribution in [0.1, 0.15) is 64.5 Å². The number of benzene rings is 1. The van der Waals surface area contributed by atoms with Gasteiger partial charge in [0.25, 0.3) is 0 Å². The van der Waals surface area contributed by atoms with Crippen LogP contribution in [0.3, 0.4) is 0 Å². The lowest BCUT2D eigenvalue weighted by atomic mass is 9.85. The largest absolute Gasteiger partial charge is 0.490 e. The zero-order chi connectivity index (χ0) is 15.2. The first kappa shape index (κ1) is 16.3. The third-order valence-electron chi connectivity index (χ3n) is 4.56. The number of hydrogen-bond acceptors (Lipinski definition) is 2. The second-order valence-electron chi connectivity index (χ2n) is 6.11. The lowest BCUT2D eigenvalue weighted by molar-refractivity contribution is 0.120. The number of rotatable bonds is 6. The first-order valence-electron chi connectivity index (χ1n) is 8.34. The Balaban J connectivity index is 2.13. The van der Waals surface area contributed by atoms with E-state index in [4.69, 9.17) is 4.74 Å². The van der Waals surface area contributed by atoms with Crippen molar-refractivity contribution in [1.29, 1.82) is 0 Å². The molecule has 0 spiro atoms. The van der Waals surface area contributed by atoms with Gasteiger partial charge in [-0.1, -0.05) is 32.8 Å². The molecule has 21 heavy (non-hydrogen) atoms. The third-order valence-corrected chi connectivity index (χ3v) is 4.56. The normalized spacial score (nSPS) is 23.8. The van der Waals surface area contributed by atoms with Gasteiger partial charge in [-0.2, -0.15) is 0 Å². The van der Waals surface area contributed by atoms with Crippen LogP contribution in [0.2, 0.25) is 0 Å². The van der Waals surface area contributed by atoms with Crippen molar-refractivity contribution < 1.29 is 9.13 Å². The Bertz CT molecular complexity index is 449. The first-order valence-corrected chi connectivity index (χ1v) is 8.34. The van der Waals surface area contributed by atoms with Gasteiger partial charge in [0.2, 0.25) is 0 Å². The fraction of sp³-hybridized carbons (Fsp3) is 0.667. The maximum atomic E-state index is 14.2. The van der Waals surface area contributed by atoms with Gasteiger partial charge in [-0.05, 0) is 50.8 Å². The molecule has 1 aromatic carbocycles. The monoisotopic (exact) mass is 293 g/mol. The Morgan fingerprint density at radius 1 is 1.33 bits per heavy atom. The van der Waals surface area contributed by atoms with Crippen molar-refractivity contribution in [2.75, 3.05) is 6.54 Å². The van der Waals surface area contributed by atoms with E-state index >= 15 is 0 Å². The minimum absolute atomic E-state index is 0.0308. The lowest BCUT2D eigenvalue weighted by Crippen LogP contribution is -2.27. The van der Waals surface area contributed by atoms with Crippen LogP contribution in [0.4, 0.5) is 4.39 Å². The summed E-state index contributed by atoms with van der Waals surface area (Å²) in [5.74, 6) is 1.29. The summed E-state index contributed by atoms with van der Waals surface area (Å²) < 4.78 is 20.4. The number of hydrogen-bond donors (Lipinski definition) is 1. The maximum absolute atomic E-state index is 14.2. The average Bonchev–Trinajstić information content (AvgIpc) is 2.47. The molecule has 3 atom stereocenters. The second kappa shape index (κ2) is 7.79.